The zero-order valence-electron chi connectivity index (χ0n) is 11.5. The predicted octanol–water partition coefficient (Wildman–Crippen LogP) is 3.01. The third-order valence-electron chi connectivity index (χ3n) is 4.68. The van der Waals surface area contributed by atoms with Crippen molar-refractivity contribution in [1.29, 1.82) is 0 Å². The van der Waals surface area contributed by atoms with E-state index in [0.717, 1.165) is 32.0 Å². The zero-order valence-corrected chi connectivity index (χ0v) is 11.5. The Balaban J connectivity index is 1.73. The molecule has 0 amide bonds. The summed E-state index contributed by atoms with van der Waals surface area (Å²) in [4.78, 5) is 2.09. The van der Waals surface area contributed by atoms with Gasteiger partial charge >= 0.3 is 6.18 Å². The van der Waals surface area contributed by atoms with Gasteiger partial charge in [0.15, 0.2) is 0 Å². The van der Waals surface area contributed by atoms with Gasteiger partial charge in [0.25, 0.3) is 0 Å². The smallest absolute Gasteiger partial charge is 0.327 e. The number of rotatable bonds is 2. The molecule has 3 unspecified atom stereocenters. The fraction of sp³-hybridized carbons (Fsp3) is 0.600. The van der Waals surface area contributed by atoms with Crippen LogP contribution in [0.4, 0.5) is 17.6 Å². The van der Waals surface area contributed by atoms with Crippen molar-refractivity contribution in [3.63, 3.8) is 0 Å². The summed E-state index contributed by atoms with van der Waals surface area (Å²) in [6.07, 6.45) is -2.40. The van der Waals surface area contributed by atoms with Crippen molar-refractivity contribution >= 4 is 0 Å². The topological polar surface area (TPSA) is 29.3 Å². The Bertz CT molecular complexity index is 529. The number of nitrogens with zero attached hydrogens (tertiary/aromatic N) is 1. The first-order valence-corrected chi connectivity index (χ1v) is 7.17. The predicted molar refractivity (Wildman–Crippen MR) is 70.9 cm³/mol. The van der Waals surface area contributed by atoms with Crippen LogP contribution in [0.15, 0.2) is 18.2 Å². The summed E-state index contributed by atoms with van der Waals surface area (Å²) in [7, 11) is 0. The van der Waals surface area contributed by atoms with E-state index in [-0.39, 0.29) is 6.04 Å². The summed E-state index contributed by atoms with van der Waals surface area (Å²) in [5.74, 6) is 0.132. The average molecular weight is 302 g/mol. The van der Waals surface area contributed by atoms with Crippen LogP contribution in [-0.4, -0.2) is 24.0 Å². The molecule has 1 aliphatic heterocycles. The van der Waals surface area contributed by atoms with E-state index in [1.807, 2.05) is 0 Å². The molecule has 2 fully saturated rings. The molecule has 21 heavy (non-hydrogen) atoms. The Morgan fingerprint density at radius 2 is 1.90 bits per heavy atom. The molecule has 2 N–H and O–H groups in total. The molecule has 3 rings (SSSR count). The van der Waals surface area contributed by atoms with E-state index in [0.29, 0.717) is 30.0 Å². The van der Waals surface area contributed by atoms with Crippen LogP contribution in [0.3, 0.4) is 0 Å². The van der Waals surface area contributed by atoms with Gasteiger partial charge in [-0.15, -0.1) is 0 Å². The molecule has 0 radical (unpaired) electrons. The molecular formula is C15H18F4N2. The molecule has 0 aromatic heterocycles. The maximum absolute atomic E-state index is 13.4. The highest BCUT2D eigenvalue weighted by Gasteiger charge is 2.40. The third-order valence-corrected chi connectivity index (χ3v) is 4.68. The van der Waals surface area contributed by atoms with Crippen LogP contribution >= 0.6 is 0 Å². The fourth-order valence-corrected chi connectivity index (χ4v) is 3.69. The van der Waals surface area contributed by atoms with E-state index >= 15 is 0 Å². The van der Waals surface area contributed by atoms with Gasteiger partial charge in [0, 0.05) is 25.7 Å². The molecule has 0 bridgehead atoms. The number of benzene rings is 1. The number of likely N-dealkylation sites (tertiary alicyclic amines) is 1. The average Bonchev–Trinajstić information content (AvgIpc) is 2.90. The molecule has 1 aliphatic carbocycles. The lowest BCUT2D eigenvalue weighted by Gasteiger charge is -2.19. The Kier molecular flexibility index (Phi) is 3.69. The van der Waals surface area contributed by atoms with E-state index in [2.05, 4.69) is 4.90 Å². The summed E-state index contributed by atoms with van der Waals surface area (Å²) in [5, 5.41) is 0. The van der Waals surface area contributed by atoms with Crippen molar-refractivity contribution in [1.82, 2.24) is 4.90 Å². The first kappa shape index (κ1) is 14.8. The highest BCUT2D eigenvalue weighted by Crippen LogP contribution is 2.38. The van der Waals surface area contributed by atoms with Crippen LogP contribution in [0.5, 0.6) is 0 Å². The minimum atomic E-state index is -4.51. The van der Waals surface area contributed by atoms with Gasteiger partial charge in [-0.3, -0.25) is 4.90 Å². The van der Waals surface area contributed by atoms with Crippen LogP contribution in [0.2, 0.25) is 0 Å². The maximum Gasteiger partial charge on any atom is 0.416 e. The number of hydrogen-bond acceptors (Lipinski definition) is 2. The molecule has 1 saturated carbocycles. The number of nitrogens with two attached hydrogens (primary N) is 1. The van der Waals surface area contributed by atoms with Crippen LogP contribution in [0.25, 0.3) is 0 Å². The summed E-state index contributed by atoms with van der Waals surface area (Å²) >= 11 is 0. The van der Waals surface area contributed by atoms with Gasteiger partial charge in [-0.05, 0) is 48.4 Å². The first-order valence-electron chi connectivity index (χ1n) is 7.17. The standard InChI is InChI=1S/C15H18F4N2/c16-12-4-9(3-11(5-12)15(17,18)19)6-21-7-10-1-2-14(20)13(10)8-21/h3-5,10,13-14H,1-2,6-8,20H2. The number of alkyl halides is 3. The molecule has 1 aromatic rings. The van der Waals surface area contributed by atoms with E-state index in [1.54, 1.807) is 0 Å². The van der Waals surface area contributed by atoms with Gasteiger partial charge < -0.3 is 5.73 Å². The minimum Gasteiger partial charge on any atom is -0.327 e. The molecule has 2 nitrogen and oxygen atoms in total. The van der Waals surface area contributed by atoms with Gasteiger partial charge in [-0.25, -0.2) is 4.39 Å². The third kappa shape index (κ3) is 3.06. The van der Waals surface area contributed by atoms with Crippen molar-refractivity contribution in [2.45, 2.75) is 31.6 Å². The molecule has 1 aromatic carbocycles. The van der Waals surface area contributed by atoms with Crippen LogP contribution < -0.4 is 5.73 Å². The second kappa shape index (κ2) is 5.25. The van der Waals surface area contributed by atoms with Gasteiger partial charge in [-0.1, -0.05) is 0 Å². The van der Waals surface area contributed by atoms with Gasteiger partial charge in [-0.2, -0.15) is 13.2 Å². The Hall–Kier alpha value is -1.14. The summed E-state index contributed by atoms with van der Waals surface area (Å²) < 4.78 is 51.5. The fourth-order valence-electron chi connectivity index (χ4n) is 3.69. The largest absolute Gasteiger partial charge is 0.416 e. The normalized spacial score (nSPS) is 29.9. The summed E-state index contributed by atoms with van der Waals surface area (Å²) in [5.41, 5.74) is 5.49. The van der Waals surface area contributed by atoms with Crippen LogP contribution in [-0.2, 0) is 12.7 Å². The van der Waals surface area contributed by atoms with E-state index in [4.69, 9.17) is 5.73 Å². The molecule has 6 heteroatoms. The van der Waals surface area contributed by atoms with Crippen molar-refractivity contribution in [3.05, 3.63) is 35.1 Å². The second-order valence-corrected chi connectivity index (χ2v) is 6.21. The SMILES string of the molecule is NC1CCC2CN(Cc3cc(F)cc(C(F)(F)F)c3)CC12. The van der Waals surface area contributed by atoms with E-state index in [1.165, 1.54) is 6.07 Å². The van der Waals surface area contributed by atoms with Crippen molar-refractivity contribution in [2.24, 2.45) is 17.6 Å². The van der Waals surface area contributed by atoms with Gasteiger partial charge in [0.2, 0.25) is 0 Å². The summed E-state index contributed by atoms with van der Waals surface area (Å²) in [6.45, 7) is 1.99. The number of halogens is 4. The highest BCUT2D eigenvalue weighted by molar-refractivity contribution is 5.27. The first-order chi connectivity index (χ1) is 9.83. The Morgan fingerprint density at radius 1 is 1.14 bits per heavy atom. The molecule has 0 spiro atoms. The molecule has 1 saturated heterocycles. The summed E-state index contributed by atoms with van der Waals surface area (Å²) in [6, 6.07) is 2.96. The molecule has 2 aliphatic rings. The van der Waals surface area contributed by atoms with E-state index in [9.17, 15) is 17.6 Å². The lowest BCUT2D eigenvalue weighted by molar-refractivity contribution is -0.137. The van der Waals surface area contributed by atoms with Crippen LogP contribution in [0.1, 0.15) is 24.0 Å². The minimum absolute atomic E-state index is 0.193. The Labute approximate surface area is 120 Å². The van der Waals surface area contributed by atoms with Gasteiger partial charge in [0.1, 0.15) is 5.82 Å². The highest BCUT2D eigenvalue weighted by atomic mass is 19.4. The Morgan fingerprint density at radius 3 is 2.57 bits per heavy atom. The number of fused-ring (bicyclic) bond motifs is 1. The van der Waals surface area contributed by atoms with Crippen molar-refractivity contribution in [3.8, 4) is 0 Å². The molecule has 3 atom stereocenters. The van der Waals surface area contributed by atoms with E-state index < -0.39 is 17.6 Å². The van der Waals surface area contributed by atoms with Gasteiger partial charge in [0.05, 0.1) is 5.56 Å². The van der Waals surface area contributed by atoms with Crippen molar-refractivity contribution < 1.29 is 17.6 Å². The quantitative estimate of drug-likeness (QED) is 0.851. The zero-order chi connectivity index (χ0) is 15.2. The second-order valence-electron chi connectivity index (χ2n) is 6.21. The number of hydrogen-bond donors (Lipinski definition) is 1. The van der Waals surface area contributed by atoms with Crippen LogP contribution in [0, 0.1) is 17.7 Å². The molecular weight excluding hydrogens is 284 g/mol. The maximum atomic E-state index is 13.4. The lowest BCUT2D eigenvalue weighted by atomic mass is 9.98. The molecule has 1 heterocycles. The molecule has 116 valence electrons. The lowest BCUT2D eigenvalue weighted by Crippen LogP contribution is -2.30. The van der Waals surface area contributed by atoms with Crippen molar-refractivity contribution in [2.75, 3.05) is 13.1 Å². The monoisotopic (exact) mass is 302 g/mol.